The quantitative estimate of drug-likeness (QED) is 0.432. The van der Waals surface area contributed by atoms with Crippen molar-refractivity contribution in [2.75, 3.05) is 5.43 Å². The van der Waals surface area contributed by atoms with Crippen LogP contribution in [0.2, 0.25) is 0 Å². The van der Waals surface area contributed by atoms with Crippen molar-refractivity contribution in [3.8, 4) is 11.6 Å². The molecule has 0 amide bonds. The van der Waals surface area contributed by atoms with Gasteiger partial charge in [-0.3, -0.25) is 15.5 Å². The van der Waals surface area contributed by atoms with E-state index >= 15 is 0 Å². The average molecular weight is 303 g/mol. The third-order valence-electron chi connectivity index (χ3n) is 2.66. The summed E-state index contributed by atoms with van der Waals surface area (Å²) >= 11 is 1.41. The molecule has 0 spiro atoms. The first-order valence-electron chi connectivity index (χ1n) is 5.81. The van der Waals surface area contributed by atoms with Crippen LogP contribution in [0.3, 0.4) is 0 Å². The maximum Gasteiger partial charge on any atom is 0.273 e. The number of nitro benzene ring substituents is 1. The minimum absolute atomic E-state index is 0.0553. The van der Waals surface area contributed by atoms with Gasteiger partial charge in [-0.15, -0.1) is 11.3 Å². The number of non-ortho nitro benzene ring substituents is 1. The summed E-state index contributed by atoms with van der Waals surface area (Å²) in [4.78, 5) is 19.3. The zero-order chi connectivity index (χ0) is 14.8. The molecule has 106 valence electrons. The Bertz CT molecular complexity index is 820. The molecule has 0 unspecified atom stereocenters. The maximum absolute atomic E-state index is 10.8. The number of nitrogens with zero attached hydrogens (tertiary/aromatic N) is 3. The van der Waals surface area contributed by atoms with E-state index in [-0.39, 0.29) is 17.5 Å². The van der Waals surface area contributed by atoms with Crippen LogP contribution in [0.5, 0.6) is 11.6 Å². The Morgan fingerprint density at radius 3 is 2.95 bits per heavy atom. The SMILES string of the molecule is NNc1nc(Oc2cccc([N+](=O)[O-])c2)c2ccsc2n1. The number of hydrazine groups is 1. The van der Waals surface area contributed by atoms with E-state index in [9.17, 15) is 10.1 Å². The lowest BCUT2D eigenvalue weighted by molar-refractivity contribution is -0.384. The summed E-state index contributed by atoms with van der Waals surface area (Å²) in [5, 5.41) is 13.3. The van der Waals surface area contributed by atoms with Crippen molar-refractivity contribution < 1.29 is 9.66 Å². The van der Waals surface area contributed by atoms with Crippen molar-refractivity contribution in [3.63, 3.8) is 0 Å². The third-order valence-corrected chi connectivity index (χ3v) is 3.47. The fraction of sp³-hybridized carbons (Fsp3) is 0. The van der Waals surface area contributed by atoms with Crippen LogP contribution in [0.1, 0.15) is 0 Å². The number of nitrogens with two attached hydrogens (primary N) is 1. The predicted molar refractivity (Wildman–Crippen MR) is 78.4 cm³/mol. The minimum Gasteiger partial charge on any atom is -0.438 e. The molecule has 9 heteroatoms. The topological polar surface area (TPSA) is 116 Å². The molecular formula is C12H9N5O3S. The molecule has 0 radical (unpaired) electrons. The van der Waals surface area contributed by atoms with Crippen LogP contribution in [0, 0.1) is 10.1 Å². The van der Waals surface area contributed by atoms with Crippen LogP contribution in [-0.4, -0.2) is 14.9 Å². The molecule has 3 rings (SSSR count). The van der Waals surface area contributed by atoms with E-state index < -0.39 is 4.92 Å². The zero-order valence-electron chi connectivity index (χ0n) is 10.5. The molecule has 8 nitrogen and oxygen atoms in total. The molecule has 0 aliphatic rings. The van der Waals surface area contributed by atoms with Gasteiger partial charge in [-0.2, -0.15) is 4.98 Å². The van der Waals surface area contributed by atoms with Crippen molar-refractivity contribution in [3.05, 3.63) is 45.8 Å². The number of benzene rings is 1. The first-order chi connectivity index (χ1) is 10.2. The van der Waals surface area contributed by atoms with Gasteiger partial charge in [0, 0.05) is 6.07 Å². The van der Waals surface area contributed by atoms with E-state index in [4.69, 9.17) is 10.6 Å². The molecule has 0 saturated carbocycles. The highest BCUT2D eigenvalue weighted by molar-refractivity contribution is 7.16. The lowest BCUT2D eigenvalue weighted by Gasteiger charge is -2.07. The average Bonchev–Trinajstić information content (AvgIpc) is 2.96. The van der Waals surface area contributed by atoms with Crippen LogP contribution in [0.15, 0.2) is 35.7 Å². The molecule has 0 fully saturated rings. The number of hydrogen-bond acceptors (Lipinski definition) is 8. The number of thiophene rings is 1. The summed E-state index contributed by atoms with van der Waals surface area (Å²) in [6, 6.07) is 7.69. The second-order valence-corrected chi connectivity index (χ2v) is 4.89. The van der Waals surface area contributed by atoms with E-state index in [1.807, 2.05) is 11.4 Å². The monoisotopic (exact) mass is 303 g/mol. The first-order valence-corrected chi connectivity index (χ1v) is 6.69. The van der Waals surface area contributed by atoms with Crippen LogP contribution in [0.25, 0.3) is 10.2 Å². The van der Waals surface area contributed by atoms with E-state index in [0.717, 1.165) is 0 Å². The fourth-order valence-corrected chi connectivity index (χ4v) is 2.50. The van der Waals surface area contributed by atoms with Crippen LogP contribution < -0.4 is 16.0 Å². The van der Waals surface area contributed by atoms with Crippen LogP contribution >= 0.6 is 11.3 Å². The molecule has 0 aliphatic carbocycles. The molecule has 0 aliphatic heterocycles. The Kier molecular flexibility index (Phi) is 3.34. The van der Waals surface area contributed by atoms with Crippen LogP contribution in [-0.2, 0) is 0 Å². The van der Waals surface area contributed by atoms with Gasteiger partial charge in [0.2, 0.25) is 11.8 Å². The molecule has 3 aromatic rings. The number of fused-ring (bicyclic) bond motifs is 1. The highest BCUT2D eigenvalue weighted by atomic mass is 32.1. The highest BCUT2D eigenvalue weighted by Crippen LogP contribution is 2.32. The molecule has 0 saturated heterocycles. The molecule has 0 atom stereocenters. The number of ether oxygens (including phenoxy) is 1. The van der Waals surface area contributed by atoms with Gasteiger partial charge in [-0.1, -0.05) is 6.07 Å². The van der Waals surface area contributed by atoms with Gasteiger partial charge >= 0.3 is 0 Å². The van der Waals surface area contributed by atoms with E-state index in [1.54, 1.807) is 12.1 Å². The summed E-state index contributed by atoms with van der Waals surface area (Å²) in [6.45, 7) is 0. The number of nitrogens with one attached hydrogen (secondary N) is 1. The Labute approximate surface area is 122 Å². The summed E-state index contributed by atoms with van der Waals surface area (Å²) in [6.07, 6.45) is 0. The lowest BCUT2D eigenvalue weighted by atomic mass is 10.3. The van der Waals surface area contributed by atoms with Gasteiger partial charge in [0.25, 0.3) is 5.69 Å². The summed E-state index contributed by atoms with van der Waals surface area (Å²) in [7, 11) is 0. The summed E-state index contributed by atoms with van der Waals surface area (Å²) in [5.74, 6) is 6.14. The van der Waals surface area contributed by atoms with Crippen molar-refractivity contribution in [2.24, 2.45) is 5.84 Å². The Morgan fingerprint density at radius 1 is 1.33 bits per heavy atom. The number of nitro groups is 1. The van der Waals surface area contributed by atoms with Gasteiger partial charge in [-0.25, -0.2) is 10.8 Å². The number of hydrogen-bond donors (Lipinski definition) is 2. The maximum atomic E-state index is 10.8. The number of rotatable bonds is 4. The Balaban J connectivity index is 2.03. The molecule has 3 N–H and O–H groups in total. The highest BCUT2D eigenvalue weighted by Gasteiger charge is 2.12. The second kappa shape index (κ2) is 5.31. The van der Waals surface area contributed by atoms with E-state index in [0.29, 0.717) is 16.0 Å². The Morgan fingerprint density at radius 2 is 2.19 bits per heavy atom. The normalized spacial score (nSPS) is 10.5. The van der Waals surface area contributed by atoms with Gasteiger partial charge in [0.15, 0.2) is 0 Å². The van der Waals surface area contributed by atoms with Gasteiger partial charge < -0.3 is 4.74 Å². The van der Waals surface area contributed by atoms with Gasteiger partial charge in [0.05, 0.1) is 16.4 Å². The number of anilines is 1. The van der Waals surface area contributed by atoms with Gasteiger partial charge in [-0.05, 0) is 17.5 Å². The predicted octanol–water partition coefficient (Wildman–Crippen LogP) is 2.68. The first kappa shape index (κ1) is 13.2. The summed E-state index contributed by atoms with van der Waals surface area (Å²) < 4.78 is 5.64. The molecule has 2 heterocycles. The minimum atomic E-state index is -0.486. The lowest BCUT2D eigenvalue weighted by Crippen LogP contribution is -2.10. The molecule has 21 heavy (non-hydrogen) atoms. The number of nitrogen functional groups attached to an aromatic ring is 1. The fourth-order valence-electron chi connectivity index (χ4n) is 1.74. The smallest absolute Gasteiger partial charge is 0.273 e. The number of aromatic nitrogens is 2. The molecule has 1 aromatic carbocycles. The Hall–Kier alpha value is -2.78. The summed E-state index contributed by atoms with van der Waals surface area (Å²) in [5.41, 5.74) is 2.31. The van der Waals surface area contributed by atoms with Crippen molar-refractivity contribution in [2.45, 2.75) is 0 Å². The molecule has 2 aromatic heterocycles. The van der Waals surface area contributed by atoms with E-state index in [1.165, 1.54) is 23.5 Å². The van der Waals surface area contributed by atoms with Crippen molar-refractivity contribution in [1.29, 1.82) is 0 Å². The van der Waals surface area contributed by atoms with E-state index in [2.05, 4.69) is 15.4 Å². The van der Waals surface area contributed by atoms with Crippen LogP contribution in [0.4, 0.5) is 11.6 Å². The third kappa shape index (κ3) is 2.59. The van der Waals surface area contributed by atoms with Crippen molar-refractivity contribution >= 4 is 33.2 Å². The molecular weight excluding hydrogens is 294 g/mol. The standard InChI is InChI=1S/C12H9N5O3S/c13-16-12-14-10(9-4-5-21-11(9)15-12)20-8-3-1-2-7(6-8)17(18)19/h1-6H,13H2,(H,14,15,16). The molecule has 0 bridgehead atoms. The zero-order valence-corrected chi connectivity index (χ0v) is 11.3. The largest absolute Gasteiger partial charge is 0.438 e. The van der Waals surface area contributed by atoms with Gasteiger partial charge in [0.1, 0.15) is 10.6 Å². The second-order valence-electron chi connectivity index (χ2n) is 3.99. The van der Waals surface area contributed by atoms with Crippen molar-refractivity contribution in [1.82, 2.24) is 9.97 Å².